The van der Waals surface area contributed by atoms with Gasteiger partial charge in [-0.2, -0.15) is 0 Å². The van der Waals surface area contributed by atoms with E-state index in [1.807, 2.05) is 6.92 Å². The fraction of sp³-hybridized carbons (Fsp3) is 0.0741. The van der Waals surface area contributed by atoms with E-state index < -0.39 is 27.6 Å². The van der Waals surface area contributed by atoms with Gasteiger partial charge >= 0.3 is 0 Å². The van der Waals surface area contributed by atoms with Crippen LogP contribution < -0.4 is 11.1 Å². The number of pyridine rings is 2. The number of hydrogen-bond acceptors (Lipinski definition) is 6. The van der Waals surface area contributed by atoms with Crippen molar-refractivity contribution in [2.24, 2.45) is 5.73 Å². The molecule has 0 spiro atoms. The number of hydrogen-bond donors (Lipinski definition) is 2. The van der Waals surface area contributed by atoms with E-state index in [1.54, 1.807) is 24.3 Å². The van der Waals surface area contributed by atoms with Gasteiger partial charge in [-0.1, -0.05) is 17.7 Å². The van der Waals surface area contributed by atoms with Gasteiger partial charge in [-0.15, -0.1) is 0 Å². The number of rotatable bonds is 7. The molecule has 3 heterocycles. The lowest BCUT2D eigenvalue weighted by Gasteiger charge is -2.12. The van der Waals surface area contributed by atoms with E-state index in [2.05, 4.69) is 15.3 Å². The van der Waals surface area contributed by atoms with Gasteiger partial charge < -0.3 is 11.1 Å². The molecule has 0 aliphatic heterocycles. The van der Waals surface area contributed by atoms with Crippen LogP contribution in [0.15, 0.2) is 84.1 Å². The third-order valence-corrected chi connectivity index (χ3v) is 7.62. The Labute approximate surface area is 216 Å². The zero-order valence-electron chi connectivity index (χ0n) is 20.0. The van der Waals surface area contributed by atoms with Crippen molar-refractivity contribution in [3.63, 3.8) is 0 Å². The summed E-state index contributed by atoms with van der Waals surface area (Å²) in [6.45, 7) is 1.85. The van der Waals surface area contributed by atoms with Gasteiger partial charge in [0, 0.05) is 42.2 Å². The molecule has 0 radical (unpaired) electrons. The number of benzene rings is 2. The van der Waals surface area contributed by atoms with Crippen molar-refractivity contribution >= 4 is 32.7 Å². The number of amides is 1. The zero-order chi connectivity index (χ0) is 27.0. The Morgan fingerprint density at radius 1 is 1.03 bits per heavy atom. The number of carbonyl (C=O) groups is 1. The maximum atomic E-state index is 13.6. The number of fused-ring (bicyclic) bond motifs is 1. The summed E-state index contributed by atoms with van der Waals surface area (Å²) in [6, 6.07) is 14.5. The van der Waals surface area contributed by atoms with Crippen LogP contribution in [0.4, 0.5) is 14.5 Å². The molecule has 3 N–H and O–H groups in total. The minimum atomic E-state index is -3.99. The van der Waals surface area contributed by atoms with Crippen molar-refractivity contribution in [2.75, 3.05) is 5.32 Å². The molecule has 5 aromatic rings. The van der Waals surface area contributed by atoms with Gasteiger partial charge in [0.05, 0.1) is 21.8 Å². The summed E-state index contributed by atoms with van der Waals surface area (Å²) >= 11 is 0. The Kier molecular flexibility index (Phi) is 6.37. The van der Waals surface area contributed by atoms with E-state index in [1.165, 1.54) is 36.8 Å². The molecule has 0 saturated carbocycles. The normalized spacial score (nSPS) is 11.6. The first kappa shape index (κ1) is 25.0. The molecular weight excluding hydrogens is 512 g/mol. The standard InChI is InChI=1S/C27H21F2N5O3S/c1-16-4-6-20(7-5-16)38(36,37)34-15-23(21-3-2-8-31-27(21)34)25-12-24(22(14-33-25)26(30)35)32-13-17-9-18(28)11-19(29)10-17/h2-12,14-15H,13H2,1H3,(H2,30,35)(H,32,33). The third kappa shape index (κ3) is 4.71. The highest BCUT2D eigenvalue weighted by Crippen LogP contribution is 2.33. The first-order chi connectivity index (χ1) is 18.1. The monoisotopic (exact) mass is 533 g/mol. The van der Waals surface area contributed by atoms with E-state index in [9.17, 15) is 22.0 Å². The van der Waals surface area contributed by atoms with Crippen molar-refractivity contribution in [1.82, 2.24) is 13.9 Å². The number of anilines is 1. The number of aromatic nitrogens is 3. The predicted octanol–water partition coefficient (Wildman–Crippen LogP) is 4.63. The second kappa shape index (κ2) is 9.67. The molecule has 0 atom stereocenters. The maximum Gasteiger partial charge on any atom is 0.269 e. The van der Waals surface area contributed by atoms with Crippen LogP contribution in [0.5, 0.6) is 0 Å². The van der Waals surface area contributed by atoms with E-state index >= 15 is 0 Å². The zero-order valence-corrected chi connectivity index (χ0v) is 20.8. The lowest BCUT2D eigenvalue weighted by molar-refractivity contribution is 0.100. The van der Waals surface area contributed by atoms with Gasteiger partial charge in [-0.05, 0) is 55.0 Å². The molecule has 0 bridgehead atoms. The number of carbonyl (C=O) groups excluding carboxylic acids is 1. The molecule has 3 aromatic heterocycles. The highest BCUT2D eigenvalue weighted by Gasteiger charge is 2.24. The Hall–Kier alpha value is -4.64. The number of primary amides is 1. The van der Waals surface area contributed by atoms with Gasteiger partial charge in [0.1, 0.15) is 11.6 Å². The van der Waals surface area contributed by atoms with Crippen LogP contribution in [-0.2, 0) is 16.6 Å². The minimum Gasteiger partial charge on any atom is -0.380 e. The molecule has 0 saturated heterocycles. The molecular formula is C27H21F2N5O3S. The van der Waals surface area contributed by atoms with Crippen LogP contribution in [-0.4, -0.2) is 28.3 Å². The van der Waals surface area contributed by atoms with Crippen LogP contribution in [0.25, 0.3) is 22.3 Å². The van der Waals surface area contributed by atoms with Gasteiger partial charge in [0.2, 0.25) is 0 Å². The minimum absolute atomic E-state index is 0.0104. The molecule has 11 heteroatoms. The van der Waals surface area contributed by atoms with Crippen molar-refractivity contribution in [3.05, 3.63) is 108 Å². The first-order valence-electron chi connectivity index (χ1n) is 11.4. The SMILES string of the molecule is Cc1ccc(S(=O)(=O)n2cc(-c3cc(NCc4cc(F)cc(F)c4)c(C(N)=O)cn3)c3cccnc32)cc1. The summed E-state index contributed by atoms with van der Waals surface area (Å²) in [6.07, 6.45) is 4.17. The fourth-order valence-electron chi connectivity index (χ4n) is 4.10. The van der Waals surface area contributed by atoms with Crippen LogP contribution in [0.2, 0.25) is 0 Å². The van der Waals surface area contributed by atoms with Crippen LogP contribution >= 0.6 is 0 Å². The second-order valence-electron chi connectivity index (χ2n) is 8.64. The van der Waals surface area contributed by atoms with Gasteiger partial charge in [0.15, 0.2) is 5.65 Å². The van der Waals surface area contributed by atoms with E-state index in [0.717, 1.165) is 27.7 Å². The lowest BCUT2D eigenvalue weighted by atomic mass is 10.1. The number of nitrogens with zero attached hydrogens (tertiary/aromatic N) is 3. The summed E-state index contributed by atoms with van der Waals surface area (Å²) in [7, 11) is -3.99. The molecule has 5 rings (SSSR count). The predicted molar refractivity (Wildman–Crippen MR) is 139 cm³/mol. The summed E-state index contributed by atoms with van der Waals surface area (Å²) in [4.78, 5) is 20.8. The largest absolute Gasteiger partial charge is 0.380 e. The number of nitrogens with two attached hydrogens (primary N) is 1. The maximum absolute atomic E-state index is 13.6. The molecule has 0 aliphatic rings. The molecule has 38 heavy (non-hydrogen) atoms. The molecule has 2 aromatic carbocycles. The molecule has 1 amide bonds. The van der Waals surface area contributed by atoms with Crippen LogP contribution in [0.1, 0.15) is 21.5 Å². The molecule has 192 valence electrons. The smallest absolute Gasteiger partial charge is 0.269 e. The van der Waals surface area contributed by atoms with Gasteiger partial charge in [-0.3, -0.25) is 9.78 Å². The molecule has 0 aliphatic carbocycles. The number of nitrogens with one attached hydrogen (secondary N) is 1. The van der Waals surface area contributed by atoms with Crippen molar-refractivity contribution < 1.29 is 22.0 Å². The van der Waals surface area contributed by atoms with Gasteiger partial charge in [0.25, 0.3) is 15.9 Å². The Bertz CT molecular complexity index is 1780. The van der Waals surface area contributed by atoms with Crippen molar-refractivity contribution in [1.29, 1.82) is 0 Å². The molecule has 8 nitrogen and oxygen atoms in total. The number of halogens is 2. The lowest BCUT2D eigenvalue weighted by Crippen LogP contribution is -2.15. The van der Waals surface area contributed by atoms with Gasteiger partial charge in [-0.25, -0.2) is 26.2 Å². The van der Waals surface area contributed by atoms with Crippen LogP contribution in [0.3, 0.4) is 0 Å². The Morgan fingerprint density at radius 2 is 1.74 bits per heavy atom. The fourth-order valence-corrected chi connectivity index (χ4v) is 5.42. The van der Waals surface area contributed by atoms with E-state index in [-0.39, 0.29) is 28.3 Å². The highest BCUT2D eigenvalue weighted by atomic mass is 32.2. The van der Waals surface area contributed by atoms with Crippen LogP contribution in [0, 0.1) is 18.6 Å². The Morgan fingerprint density at radius 3 is 2.42 bits per heavy atom. The Balaban J connectivity index is 1.60. The molecule has 0 unspecified atom stereocenters. The average Bonchev–Trinajstić information content (AvgIpc) is 3.27. The van der Waals surface area contributed by atoms with Crippen molar-refractivity contribution in [3.8, 4) is 11.3 Å². The quantitative estimate of drug-likeness (QED) is 0.315. The number of aryl methyl sites for hydroxylation is 1. The summed E-state index contributed by atoms with van der Waals surface area (Å²) in [5.74, 6) is -2.23. The van der Waals surface area contributed by atoms with E-state index in [0.29, 0.717) is 22.2 Å². The topological polar surface area (TPSA) is 120 Å². The summed E-state index contributed by atoms with van der Waals surface area (Å²) in [5, 5.41) is 3.49. The first-order valence-corrected chi connectivity index (χ1v) is 12.8. The average molecular weight is 534 g/mol. The van der Waals surface area contributed by atoms with Crippen molar-refractivity contribution in [2.45, 2.75) is 18.4 Å². The summed E-state index contributed by atoms with van der Waals surface area (Å²) < 4.78 is 55.3. The molecule has 0 fully saturated rings. The third-order valence-electron chi connectivity index (χ3n) is 5.96. The van der Waals surface area contributed by atoms with E-state index in [4.69, 9.17) is 5.73 Å². The summed E-state index contributed by atoms with van der Waals surface area (Å²) in [5.41, 5.74) is 8.03. The second-order valence-corrected chi connectivity index (χ2v) is 10.5. The highest BCUT2D eigenvalue weighted by molar-refractivity contribution is 7.90.